The third-order valence-electron chi connectivity index (χ3n) is 2.98. The number of halogens is 1. The van der Waals surface area contributed by atoms with Crippen molar-refractivity contribution >= 4 is 23.6 Å². The molecule has 0 bridgehead atoms. The molecule has 0 radical (unpaired) electrons. The number of carbonyl (C=O) groups is 1. The molecule has 2 rings (SSSR count). The summed E-state index contributed by atoms with van der Waals surface area (Å²) >= 11 is 5.97. The molecule has 0 unspecified atom stereocenters. The van der Waals surface area contributed by atoms with Gasteiger partial charge in [-0.3, -0.25) is 0 Å². The van der Waals surface area contributed by atoms with E-state index in [1.807, 2.05) is 43.3 Å². The lowest BCUT2D eigenvalue weighted by Gasteiger charge is -2.10. The summed E-state index contributed by atoms with van der Waals surface area (Å²) in [6.45, 7) is 2.28. The van der Waals surface area contributed by atoms with Crippen LogP contribution < -0.4 is 4.74 Å². The van der Waals surface area contributed by atoms with Crippen molar-refractivity contribution in [3.05, 3.63) is 70.3 Å². The minimum atomic E-state index is -0.973. The Bertz CT molecular complexity index is 677. The number of benzene rings is 2. The first kappa shape index (κ1) is 15.1. The van der Waals surface area contributed by atoms with E-state index < -0.39 is 5.97 Å². The summed E-state index contributed by atoms with van der Waals surface area (Å²) in [6, 6.07) is 13.0. The Kier molecular flexibility index (Phi) is 5.01. The fourth-order valence-corrected chi connectivity index (χ4v) is 1.97. The molecule has 0 saturated heterocycles. The first-order valence-electron chi connectivity index (χ1n) is 6.44. The smallest absolute Gasteiger partial charge is 0.328 e. The Morgan fingerprint density at radius 1 is 1.29 bits per heavy atom. The molecule has 0 aromatic heterocycles. The maximum Gasteiger partial charge on any atom is 0.328 e. The minimum Gasteiger partial charge on any atom is -0.489 e. The molecule has 108 valence electrons. The highest BCUT2D eigenvalue weighted by molar-refractivity contribution is 6.31. The normalized spacial score (nSPS) is 10.8. The van der Waals surface area contributed by atoms with Crippen molar-refractivity contribution in [3.63, 3.8) is 0 Å². The molecular formula is C17H15ClO3. The molecule has 0 aliphatic carbocycles. The van der Waals surface area contributed by atoms with Crippen molar-refractivity contribution in [3.8, 4) is 5.75 Å². The summed E-state index contributed by atoms with van der Waals surface area (Å²) < 4.78 is 5.74. The lowest BCUT2D eigenvalue weighted by molar-refractivity contribution is -0.131. The zero-order chi connectivity index (χ0) is 15.2. The lowest BCUT2D eigenvalue weighted by atomic mass is 10.1. The SMILES string of the molecule is Cc1cc(OCc2ccccc2C=CC(=O)O)ccc1Cl. The van der Waals surface area contributed by atoms with Crippen LogP contribution in [0.2, 0.25) is 5.02 Å². The van der Waals surface area contributed by atoms with Gasteiger partial charge in [0.1, 0.15) is 12.4 Å². The Labute approximate surface area is 128 Å². The molecule has 0 aliphatic rings. The third kappa shape index (κ3) is 4.36. The second kappa shape index (κ2) is 6.95. The molecule has 2 aromatic carbocycles. The van der Waals surface area contributed by atoms with Crippen molar-refractivity contribution in [1.29, 1.82) is 0 Å². The molecule has 0 spiro atoms. The van der Waals surface area contributed by atoms with Gasteiger partial charge in [-0.2, -0.15) is 0 Å². The maximum absolute atomic E-state index is 10.6. The minimum absolute atomic E-state index is 0.362. The molecule has 0 aliphatic heterocycles. The monoisotopic (exact) mass is 302 g/mol. The van der Waals surface area contributed by atoms with Gasteiger partial charge in [0.2, 0.25) is 0 Å². The predicted octanol–water partition coefficient (Wildman–Crippen LogP) is 4.33. The molecular weight excluding hydrogens is 288 g/mol. The van der Waals surface area contributed by atoms with Crippen LogP contribution in [0.15, 0.2) is 48.5 Å². The average Bonchev–Trinajstić information content (AvgIpc) is 2.47. The summed E-state index contributed by atoms with van der Waals surface area (Å²) in [5.41, 5.74) is 2.70. The first-order valence-corrected chi connectivity index (χ1v) is 6.82. The van der Waals surface area contributed by atoms with E-state index in [1.165, 1.54) is 0 Å². The fraction of sp³-hybridized carbons (Fsp3) is 0.118. The molecule has 0 fully saturated rings. The van der Waals surface area contributed by atoms with Crippen molar-refractivity contribution in [1.82, 2.24) is 0 Å². The molecule has 0 heterocycles. The van der Waals surface area contributed by atoms with E-state index in [4.69, 9.17) is 21.4 Å². The number of hydrogen-bond donors (Lipinski definition) is 1. The van der Waals surface area contributed by atoms with Crippen LogP contribution in [-0.2, 0) is 11.4 Å². The van der Waals surface area contributed by atoms with E-state index in [0.29, 0.717) is 11.6 Å². The van der Waals surface area contributed by atoms with Gasteiger partial charge in [0.05, 0.1) is 0 Å². The molecule has 0 saturated carbocycles. The number of aryl methyl sites for hydroxylation is 1. The Balaban J connectivity index is 2.12. The van der Waals surface area contributed by atoms with E-state index in [1.54, 1.807) is 12.1 Å². The summed E-state index contributed by atoms with van der Waals surface area (Å²) in [6.07, 6.45) is 2.68. The quantitative estimate of drug-likeness (QED) is 0.836. The summed E-state index contributed by atoms with van der Waals surface area (Å²) in [5, 5.41) is 9.40. The van der Waals surface area contributed by atoms with Gasteiger partial charge in [-0.1, -0.05) is 35.9 Å². The first-order chi connectivity index (χ1) is 10.1. The molecule has 1 N–H and O–H groups in total. The van der Waals surface area contributed by atoms with Crippen molar-refractivity contribution in [2.75, 3.05) is 0 Å². The standard InChI is InChI=1S/C17H15ClO3/c1-12-10-15(7-8-16(12)18)21-11-14-5-3-2-4-13(14)6-9-17(19)20/h2-10H,11H2,1H3,(H,19,20). The summed E-state index contributed by atoms with van der Waals surface area (Å²) in [7, 11) is 0. The number of aliphatic carboxylic acids is 1. The zero-order valence-electron chi connectivity index (χ0n) is 11.5. The summed E-state index contributed by atoms with van der Waals surface area (Å²) in [5.74, 6) is -0.243. The van der Waals surface area contributed by atoms with Gasteiger partial charge in [0.15, 0.2) is 0 Å². The van der Waals surface area contributed by atoms with Gasteiger partial charge < -0.3 is 9.84 Å². The Morgan fingerprint density at radius 3 is 2.76 bits per heavy atom. The molecule has 0 atom stereocenters. The summed E-state index contributed by atoms with van der Waals surface area (Å²) in [4.78, 5) is 10.6. The van der Waals surface area contributed by atoms with E-state index in [0.717, 1.165) is 28.5 Å². The molecule has 2 aromatic rings. The van der Waals surface area contributed by atoms with Crippen molar-refractivity contribution in [2.45, 2.75) is 13.5 Å². The largest absolute Gasteiger partial charge is 0.489 e. The van der Waals surface area contributed by atoms with E-state index >= 15 is 0 Å². The van der Waals surface area contributed by atoms with E-state index in [9.17, 15) is 4.79 Å². The van der Waals surface area contributed by atoms with Gasteiger partial charge in [-0.15, -0.1) is 0 Å². The van der Waals surface area contributed by atoms with Gasteiger partial charge in [-0.05, 0) is 47.9 Å². The number of hydrogen-bond acceptors (Lipinski definition) is 2. The third-order valence-corrected chi connectivity index (χ3v) is 3.41. The number of ether oxygens (including phenoxy) is 1. The van der Waals surface area contributed by atoms with Crippen LogP contribution in [0.3, 0.4) is 0 Å². The van der Waals surface area contributed by atoms with Crippen LogP contribution in [0.4, 0.5) is 0 Å². The molecule has 21 heavy (non-hydrogen) atoms. The van der Waals surface area contributed by atoms with Crippen molar-refractivity contribution in [2.24, 2.45) is 0 Å². The van der Waals surface area contributed by atoms with Crippen LogP contribution >= 0.6 is 11.6 Å². The van der Waals surface area contributed by atoms with Crippen LogP contribution in [0.1, 0.15) is 16.7 Å². The fourth-order valence-electron chi connectivity index (χ4n) is 1.86. The second-order valence-electron chi connectivity index (χ2n) is 4.57. The topological polar surface area (TPSA) is 46.5 Å². The number of carboxylic acid groups (broad SMARTS) is 1. The molecule has 3 nitrogen and oxygen atoms in total. The van der Waals surface area contributed by atoms with Gasteiger partial charge in [0.25, 0.3) is 0 Å². The van der Waals surface area contributed by atoms with Crippen LogP contribution in [0.25, 0.3) is 6.08 Å². The Morgan fingerprint density at radius 2 is 2.05 bits per heavy atom. The number of carboxylic acids is 1. The van der Waals surface area contributed by atoms with Gasteiger partial charge in [-0.25, -0.2) is 4.79 Å². The Hall–Kier alpha value is -2.26. The molecule has 4 heteroatoms. The van der Waals surface area contributed by atoms with Gasteiger partial charge >= 0.3 is 5.97 Å². The van der Waals surface area contributed by atoms with Crippen molar-refractivity contribution < 1.29 is 14.6 Å². The van der Waals surface area contributed by atoms with Gasteiger partial charge in [0, 0.05) is 11.1 Å². The molecule has 0 amide bonds. The highest BCUT2D eigenvalue weighted by atomic mass is 35.5. The number of rotatable bonds is 5. The predicted molar refractivity (Wildman–Crippen MR) is 83.6 cm³/mol. The van der Waals surface area contributed by atoms with E-state index in [-0.39, 0.29) is 0 Å². The second-order valence-corrected chi connectivity index (χ2v) is 4.98. The van der Waals surface area contributed by atoms with Crippen LogP contribution in [0, 0.1) is 6.92 Å². The zero-order valence-corrected chi connectivity index (χ0v) is 12.3. The lowest BCUT2D eigenvalue weighted by Crippen LogP contribution is -1.98. The highest BCUT2D eigenvalue weighted by Gasteiger charge is 2.03. The highest BCUT2D eigenvalue weighted by Crippen LogP contribution is 2.22. The van der Waals surface area contributed by atoms with Crippen LogP contribution in [-0.4, -0.2) is 11.1 Å². The average molecular weight is 303 g/mol. The maximum atomic E-state index is 10.6. The van der Waals surface area contributed by atoms with Crippen LogP contribution in [0.5, 0.6) is 5.75 Å². The van der Waals surface area contributed by atoms with E-state index in [2.05, 4.69) is 0 Å².